The molecule has 0 saturated carbocycles. The maximum absolute atomic E-state index is 12.8. The van der Waals surface area contributed by atoms with E-state index in [9.17, 15) is 14.4 Å². The summed E-state index contributed by atoms with van der Waals surface area (Å²) in [4.78, 5) is 40.3. The van der Waals surface area contributed by atoms with Crippen LogP contribution in [0.2, 0.25) is 0 Å². The van der Waals surface area contributed by atoms with Crippen LogP contribution in [0.1, 0.15) is 35.0 Å². The van der Waals surface area contributed by atoms with Crippen LogP contribution in [0.3, 0.4) is 0 Å². The quantitative estimate of drug-likeness (QED) is 0.641. The highest BCUT2D eigenvalue weighted by Crippen LogP contribution is 2.40. The van der Waals surface area contributed by atoms with Gasteiger partial charge in [0.1, 0.15) is 10.6 Å². The van der Waals surface area contributed by atoms with Crippen LogP contribution in [0.4, 0.5) is 5.00 Å². The van der Waals surface area contributed by atoms with Gasteiger partial charge < -0.3 is 15.4 Å². The fourth-order valence-corrected chi connectivity index (χ4v) is 4.99. The number of piperidine rings is 1. The fraction of sp³-hybridized carbons (Fsp3) is 0.435. The summed E-state index contributed by atoms with van der Waals surface area (Å²) in [6.45, 7) is 5.56. The lowest BCUT2D eigenvalue weighted by Gasteiger charge is -2.30. The van der Waals surface area contributed by atoms with Gasteiger partial charge in [0, 0.05) is 23.4 Å². The average Bonchev–Trinajstić information content (AvgIpc) is 3.09. The number of rotatable bonds is 7. The zero-order valence-electron chi connectivity index (χ0n) is 18.2. The van der Waals surface area contributed by atoms with Crippen molar-refractivity contribution < 1.29 is 19.1 Å². The van der Waals surface area contributed by atoms with Crippen molar-refractivity contribution in [3.63, 3.8) is 0 Å². The highest BCUT2D eigenvalue weighted by molar-refractivity contribution is 7.17. The van der Waals surface area contributed by atoms with Crippen molar-refractivity contribution in [2.75, 3.05) is 38.6 Å². The Hall–Kier alpha value is -2.71. The maximum Gasteiger partial charge on any atom is 0.341 e. The second kappa shape index (κ2) is 10.5. The Balaban J connectivity index is 1.74. The molecule has 0 aliphatic carbocycles. The number of likely N-dealkylation sites (tertiary alicyclic amines) is 1. The number of hydrogen-bond acceptors (Lipinski definition) is 6. The summed E-state index contributed by atoms with van der Waals surface area (Å²) in [5.74, 6) is -0.545. The van der Waals surface area contributed by atoms with Gasteiger partial charge >= 0.3 is 5.97 Å². The molecule has 31 heavy (non-hydrogen) atoms. The number of nitrogens with one attached hydrogen (secondary N) is 2. The molecule has 7 nitrogen and oxygen atoms in total. The molecule has 0 bridgehead atoms. The first-order chi connectivity index (χ1) is 14.9. The largest absolute Gasteiger partial charge is 0.462 e. The molecule has 0 spiro atoms. The molecule has 166 valence electrons. The third-order valence-electron chi connectivity index (χ3n) is 5.45. The standard InChI is InChI=1S/C23H29N3O4S/c1-4-30-23(29)20-19(16-8-6-5-7-9-16)15(2)31-22(20)25-18(27)14-26-12-10-17(11-13-26)21(28)24-3/h5-9,17H,4,10-14H2,1-3H3,(H,24,28)(H,25,27). The smallest absolute Gasteiger partial charge is 0.341 e. The number of ether oxygens (including phenoxy) is 1. The minimum Gasteiger partial charge on any atom is -0.462 e. The van der Waals surface area contributed by atoms with E-state index in [4.69, 9.17) is 4.74 Å². The summed E-state index contributed by atoms with van der Waals surface area (Å²) in [5.41, 5.74) is 2.11. The predicted molar refractivity (Wildman–Crippen MR) is 122 cm³/mol. The van der Waals surface area contributed by atoms with Crippen LogP contribution in [-0.4, -0.2) is 56.0 Å². The number of nitrogens with zero attached hydrogens (tertiary/aromatic N) is 1. The highest BCUT2D eigenvalue weighted by Gasteiger charge is 2.28. The minimum absolute atomic E-state index is 0.00750. The number of thiophene rings is 1. The van der Waals surface area contributed by atoms with E-state index in [0.29, 0.717) is 23.7 Å². The van der Waals surface area contributed by atoms with Crippen LogP contribution in [0.5, 0.6) is 0 Å². The van der Waals surface area contributed by atoms with E-state index in [0.717, 1.165) is 28.8 Å². The van der Waals surface area contributed by atoms with E-state index < -0.39 is 5.97 Å². The van der Waals surface area contributed by atoms with Crippen LogP contribution in [-0.2, 0) is 14.3 Å². The number of amides is 2. The molecule has 1 saturated heterocycles. The van der Waals surface area contributed by atoms with Gasteiger partial charge in [-0.1, -0.05) is 30.3 Å². The lowest BCUT2D eigenvalue weighted by molar-refractivity contribution is -0.126. The van der Waals surface area contributed by atoms with Gasteiger partial charge in [-0.15, -0.1) is 11.3 Å². The normalized spacial score (nSPS) is 14.8. The Morgan fingerprint density at radius 1 is 1.16 bits per heavy atom. The Morgan fingerprint density at radius 3 is 2.45 bits per heavy atom. The van der Waals surface area contributed by atoms with E-state index in [2.05, 4.69) is 10.6 Å². The van der Waals surface area contributed by atoms with Crippen LogP contribution >= 0.6 is 11.3 Å². The molecule has 3 rings (SSSR count). The highest BCUT2D eigenvalue weighted by atomic mass is 32.1. The molecule has 1 aromatic carbocycles. The first-order valence-corrected chi connectivity index (χ1v) is 11.4. The Bertz CT molecular complexity index is 934. The Morgan fingerprint density at radius 2 is 1.84 bits per heavy atom. The zero-order chi connectivity index (χ0) is 22.4. The second-order valence-corrected chi connectivity index (χ2v) is 8.76. The van der Waals surface area contributed by atoms with Crippen molar-refractivity contribution in [1.29, 1.82) is 0 Å². The molecule has 0 radical (unpaired) electrons. The summed E-state index contributed by atoms with van der Waals surface area (Å²) in [7, 11) is 1.65. The lowest BCUT2D eigenvalue weighted by Crippen LogP contribution is -2.42. The van der Waals surface area contributed by atoms with Crippen LogP contribution in [0.15, 0.2) is 30.3 Å². The second-order valence-electron chi connectivity index (χ2n) is 7.54. The lowest BCUT2D eigenvalue weighted by atomic mass is 9.96. The summed E-state index contributed by atoms with van der Waals surface area (Å²) < 4.78 is 5.29. The molecule has 1 aromatic heterocycles. The summed E-state index contributed by atoms with van der Waals surface area (Å²) >= 11 is 1.38. The molecule has 8 heteroatoms. The SMILES string of the molecule is CCOC(=O)c1c(NC(=O)CN2CCC(C(=O)NC)CC2)sc(C)c1-c1ccccc1. The molecular formula is C23H29N3O4S. The van der Waals surface area contributed by atoms with Crippen molar-refractivity contribution in [2.24, 2.45) is 5.92 Å². The van der Waals surface area contributed by atoms with Crippen molar-refractivity contribution in [3.05, 3.63) is 40.8 Å². The molecule has 1 fully saturated rings. The van der Waals surface area contributed by atoms with Gasteiger partial charge in [0.25, 0.3) is 0 Å². The molecule has 0 unspecified atom stereocenters. The Labute approximate surface area is 186 Å². The first kappa shape index (κ1) is 23.0. The number of benzene rings is 1. The van der Waals surface area contributed by atoms with Gasteiger partial charge in [0.2, 0.25) is 11.8 Å². The molecule has 1 aliphatic rings. The van der Waals surface area contributed by atoms with Gasteiger partial charge in [-0.25, -0.2) is 4.79 Å². The number of hydrogen-bond donors (Lipinski definition) is 2. The predicted octanol–water partition coefficient (Wildman–Crippen LogP) is 3.30. The van der Waals surface area contributed by atoms with Gasteiger partial charge in [-0.2, -0.15) is 0 Å². The number of anilines is 1. The van der Waals surface area contributed by atoms with Crippen LogP contribution < -0.4 is 10.6 Å². The van der Waals surface area contributed by atoms with E-state index in [1.807, 2.05) is 42.2 Å². The maximum atomic E-state index is 12.8. The molecular weight excluding hydrogens is 414 g/mol. The topological polar surface area (TPSA) is 87.7 Å². The summed E-state index contributed by atoms with van der Waals surface area (Å²) in [6, 6.07) is 9.65. The van der Waals surface area contributed by atoms with Gasteiger partial charge in [0.05, 0.1) is 13.2 Å². The van der Waals surface area contributed by atoms with Crippen molar-refractivity contribution in [1.82, 2.24) is 10.2 Å². The van der Waals surface area contributed by atoms with Crippen molar-refractivity contribution >= 4 is 34.1 Å². The molecule has 2 N–H and O–H groups in total. The zero-order valence-corrected chi connectivity index (χ0v) is 19.0. The summed E-state index contributed by atoms with van der Waals surface area (Å²) in [5, 5.41) is 6.14. The average molecular weight is 444 g/mol. The minimum atomic E-state index is -0.438. The van der Waals surface area contributed by atoms with Gasteiger partial charge in [-0.3, -0.25) is 14.5 Å². The summed E-state index contributed by atoms with van der Waals surface area (Å²) in [6.07, 6.45) is 1.47. The van der Waals surface area contributed by atoms with Crippen molar-refractivity contribution in [2.45, 2.75) is 26.7 Å². The third kappa shape index (κ3) is 5.51. The molecule has 2 heterocycles. The molecule has 0 atom stereocenters. The van der Waals surface area contributed by atoms with E-state index in [1.54, 1.807) is 14.0 Å². The fourth-order valence-electron chi connectivity index (χ4n) is 3.91. The molecule has 1 aliphatic heterocycles. The van der Waals surface area contributed by atoms with Crippen molar-refractivity contribution in [3.8, 4) is 11.1 Å². The molecule has 2 aromatic rings. The van der Waals surface area contributed by atoms with E-state index in [1.165, 1.54) is 11.3 Å². The van der Waals surface area contributed by atoms with Gasteiger partial charge in [-0.05, 0) is 45.3 Å². The van der Waals surface area contributed by atoms with Crippen LogP contribution in [0.25, 0.3) is 11.1 Å². The monoisotopic (exact) mass is 443 g/mol. The van der Waals surface area contributed by atoms with E-state index >= 15 is 0 Å². The van der Waals surface area contributed by atoms with E-state index in [-0.39, 0.29) is 30.9 Å². The third-order valence-corrected chi connectivity index (χ3v) is 6.47. The number of aryl methyl sites for hydroxylation is 1. The Kier molecular flexibility index (Phi) is 7.81. The first-order valence-electron chi connectivity index (χ1n) is 10.5. The van der Waals surface area contributed by atoms with Crippen LogP contribution in [0, 0.1) is 12.8 Å². The number of carbonyl (C=O) groups is 3. The molecule has 2 amide bonds. The number of carbonyl (C=O) groups excluding carboxylic acids is 3. The van der Waals surface area contributed by atoms with Gasteiger partial charge in [0.15, 0.2) is 0 Å². The number of esters is 1.